The molecule has 2 aromatic carbocycles. The van der Waals surface area contributed by atoms with Gasteiger partial charge in [-0.1, -0.05) is 41.0 Å². The number of likely N-dealkylation sites (tertiary alicyclic amines) is 1. The van der Waals surface area contributed by atoms with Crippen LogP contribution in [0.2, 0.25) is 5.02 Å². The van der Waals surface area contributed by atoms with Crippen LogP contribution in [0.1, 0.15) is 42.4 Å². The van der Waals surface area contributed by atoms with Crippen molar-refractivity contribution in [3.8, 4) is 5.75 Å². The molecule has 3 heterocycles. The molecule has 1 atom stereocenters. The lowest BCUT2D eigenvalue weighted by Gasteiger charge is -2.26. The Bertz CT molecular complexity index is 1320. The van der Waals surface area contributed by atoms with Gasteiger partial charge in [0.2, 0.25) is 0 Å². The second-order valence-corrected chi connectivity index (χ2v) is 10.3. The maximum absolute atomic E-state index is 13.5. The van der Waals surface area contributed by atoms with Crippen LogP contribution >= 0.6 is 11.6 Å². The predicted octanol–water partition coefficient (Wildman–Crippen LogP) is 4.49. The molecule has 1 N–H and O–H groups in total. The number of amides is 1. The summed E-state index contributed by atoms with van der Waals surface area (Å²) in [6, 6.07) is 13.7. The Labute approximate surface area is 215 Å². The Morgan fingerprint density at radius 2 is 2.06 bits per heavy atom. The summed E-state index contributed by atoms with van der Waals surface area (Å²) in [6.45, 7) is 3.16. The first kappa shape index (κ1) is 23.3. The van der Waals surface area contributed by atoms with Gasteiger partial charge in [-0.15, -0.1) is 0 Å². The fourth-order valence-electron chi connectivity index (χ4n) is 5.06. The zero-order chi connectivity index (χ0) is 24.5. The van der Waals surface area contributed by atoms with E-state index < -0.39 is 0 Å². The van der Waals surface area contributed by atoms with E-state index in [1.165, 1.54) is 12.8 Å². The molecule has 1 aliphatic carbocycles. The maximum Gasteiger partial charge on any atom is 0.274 e. The van der Waals surface area contributed by atoms with E-state index in [0.29, 0.717) is 29.9 Å². The first-order chi connectivity index (χ1) is 17.6. The van der Waals surface area contributed by atoms with Gasteiger partial charge in [0, 0.05) is 35.3 Å². The van der Waals surface area contributed by atoms with Crippen LogP contribution in [0.15, 0.2) is 53.8 Å². The van der Waals surface area contributed by atoms with E-state index in [1.54, 1.807) is 6.20 Å². The van der Waals surface area contributed by atoms with E-state index in [0.717, 1.165) is 65.8 Å². The summed E-state index contributed by atoms with van der Waals surface area (Å²) in [4.78, 5) is 25.9. The van der Waals surface area contributed by atoms with Crippen LogP contribution in [0.5, 0.6) is 5.75 Å². The van der Waals surface area contributed by atoms with Gasteiger partial charge >= 0.3 is 0 Å². The first-order valence-electron chi connectivity index (χ1n) is 12.7. The zero-order valence-electron chi connectivity index (χ0n) is 20.1. The molecule has 1 saturated carbocycles. The van der Waals surface area contributed by atoms with E-state index in [2.05, 4.69) is 20.4 Å². The maximum atomic E-state index is 13.5. The molecule has 0 radical (unpaired) electrons. The smallest absolute Gasteiger partial charge is 0.274 e. The molecule has 186 valence electrons. The van der Waals surface area contributed by atoms with E-state index in [-0.39, 0.29) is 11.9 Å². The first-order valence-corrected chi connectivity index (χ1v) is 13.1. The number of pyridine rings is 1. The second kappa shape index (κ2) is 10.1. The van der Waals surface area contributed by atoms with Gasteiger partial charge in [0.1, 0.15) is 12.4 Å². The highest BCUT2D eigenvalue weighted by Gasteiger charge is 2.28. The van der Waals surface area contributed by atoms with Gasteiger partial charge < -0.3 is 19.8 Å². The number of hydrogen-bond donors (Lipinski definition) is 1. The molecule has 0 bridgehead atoms. The summed E-state index contributed by atoms with van der Waals surface area (Å²) in [7, 11) is 0. The highest BCUT2D eigenvalue weighted by atomic mass is 35.5. The van der Waals surface area contributed by atoms with Crippen LogP contribution in [0, 0.1) is 0 Å². The lowest BCUT2D eigenvalue weighted by atomic mass is 9.98. The van der Waals surface area contributed by atoms with E-state index in [1.807, 2.05) is 42.5 Å². The molecule has 36 heavy (non-hydrogen) atoms. The van der Waals surface area contributed by atoms with E-state index >= 15 is 0 Å². The van der Waals surface area contributed by atoms with Gasteiger partial charge in [-0.05, 0) is 69.0 Å². The normalized spacial score (nSPS) is 18.3. The van der Waals surface area contributed by atoms with E-state index in [4.69, 9.17) is 21.2 Å². The molecule has 0 unspecified atom stereocenters. The average Bonchev–Trinajstić information content (AvgIpc) is 3.57. The third kappa shape index (κ3) is 5.04. The Kier molecular flexibility index (Phi) is 6.50. The Hall–Kier alpha value is -3.16. The van der Waals surface area contributed by atoms with Gasteiger partial charge in [-0.25, -0.2) is 0 Å². The number of nitrogens with one attached hydrogen (secondary N) is 1. The largest absolute Gasteiger partial charge is 0.489 e. The van der Waals surface area contributed by atoms with Crippen LogP contribution in [0.25, 0.3) is 10.9 Å². The number of oxime groups is 1. The molecule has 3 aliphatic rings. The van der Waals surface area contributed by atoms with Gasteiger partial charge in [0.05, 0.1) is 16.6 Å². The van der Waals surface area contributed by atoms with Crippen molar-refractivity contribution < 1.29 is 14.4 Å². The van der Waals surface area contributed by atoms with Crippen molar-refractivity contribution in [1.29, 1.82) is 0 Å². The molecular weight excluding hydrogens is 476 g/mol. The molecule has 2 fully saturated rings. The fraction of sp³-hybridized carbons (Fsp3) is 0.393. The van der Waals surface area contributed by atoms with Crippen molar-refractivity contribution in [1.82, 2.24) is 15.2 Å². The molecule has 3 aromatic rings. The second-order valence-electron chi connectivity index (χ2n) is 9.84. The number of fused-ring (bicyclic) bond motifs is 3. The molecule has 6 rings (SSSR count). The average molecular weight is 505 g/mol. The third-order valence-electron chi connectivity index (χ3n) is 7.02. The fourth-order valence-corrected chi connectivity index (χ4v) is 5.30. The van der Waals surface area contributed by atoms with E-state index in [9.17, 15) is 4.79 Å². The standard InChI is InChI=1S/C28H29ClN4O3/c29-24-15-18(5-10-25(24)36-21-7-8-21)14-20(16-33-12-1-2-13-33)31-28(34)27-22-9-6-19-4-3-11-30-26(19)23(22)17-35-32-27/h3-6,9-11,15,20-21H,1-2,7-8,12-14,16-17H2,(H,31,34)/t20-/m0/s1. The number of aromatic nitrogens is 1. The predicted molar refractivity (Wildman–Crippen MR) is 139 cm³/mol. The molecule has 1 amide bonds. The molecular formula is C28H29ClN4O3. The molecule has 7 nitrogen and oxygen atoms in total. The number of ether oxygens (including phenoxy) is 1. The van der Waals surface area contributed by atoms with Crippen LogP contribution < -0.4 is 10.1 Å². The minimum absolute atomic E-state index is 0.103. The monoisotopic (exact) mass is 504 g/mol. The lowest BCUT2D eigenvalue weighted by molar-refractivity contribution is -0.115. The quantitative estimate of drug-likeness (QED) is 0.489. The highest BCUT2D eigenvalue weighted by molar-refractivity contribution is 6.46. The SMILES string of the molecule is O=C(N[C@@H](Cc1ccc(OC2CC2)c(Cl)c1)CN1CCCC1)C1=NOCc2c1ccc1cccnc21. The molecule has 2 aliphatic heterocycles. The zero-order valence-corrected chi connectivity index (χ0v) is 20.8. The molecule has 8 heteroatoms. The summed E-state index contributed by atoms with van der Waals surface area (Å²) >= 11 is 6.52. The van der Waals surface area contributed by atoms with Crippen molar-refractivity contribution in [2.24, 2.45) is 5.16 Å². The van der Waals surface area contributed by atoms with Crippen LogP contribution in [0.3, 0.4) is 0 Å². The summed E-state index contributed by atoms with van der Waals surface area (Å²) < 4.78 is 5.89. The third-order valence-corrected chi connectivity index (χ3v) is 7.32. The summed E-state index contributed by atoms with van der Waals surface area (Å²) in [5, 5.41) is 9.02. The minimum Gasteiger partial charge on any atom is -0.489 e. The highest BCUT2D eigenvalue weighted by Crippen LogP contribution is 2.33. The van der Waals surface area contributed by atoms with Crippen LogP contribution in [-0.2, 0) is 22.7 Å². The number of halogens is 1. The minimum atomic E-state index is -0.241. The summed E-state index contributed by atoms with van der Waals surface area (Å²) in [5.74, 6) is 0.490. The summed E-state index contributed by atoms with van der Waals surface area (Å²) in [5.41, 5.74) is 3.86. The van der Waals surface area contributed by atoms with Gasteiger partial charge in [-0.3, -0.25) is 9.78 Å². The number of carbonyl (C=O) groups excluding carboxylic acids is 1. The molecule has 1 aromatic heterocycles. The number of hydrogen-bond acceptors (Lipinski definition) is 6. The van der Waals surface area contributed by atoms with Crippen molar-refractivity contribution >= 4 is 34.1 Å². The van der Waals surface area contributed by atoms with Crippen LogP contribution in [-0.4, -0.2) is 53.3 Å². The molecule has 1 saturated heterocycles. The van der Waals surface area contributed by atoms with Crippen molar-refractivity contribution in [3.05, 3.63) is 70.4 Å². The summed E-state index contributed by atoms with van der Waals surface area (Å²) in [6.07, 6.45) is 7.26. The Balaban J connectivity index is 1.22. The van der Waals surface area contributed by atoms with Gasteiger partial charge in [-0.2, -0.15) is 0 Å². The van der Waals surface area contributed by atoms with Gasteiger partial charge in [0.15, 0.2) is 5.71 Å². The Morgan fingerprint density at radius 3 is 2.86 bits per heavy atom. The number of nitrogens with zero attached hydrogens (tertiary/aromatic N) is 3. The topological polar surface area (TPSA) is 76.0 Å². The Morgan fingerprint density at radius 1 is 1.19 bits per heavy atom. The number of benzene rings is 2. The van der Waals surface area contributed by atoms with Crippen molar-refractivity contribution in [3.63, 3.8) is 0 Å². The number of rotatable bonds is 8. The molecule has 0 spiro atoms. The number of carbonyl (C=O) groups is 1. The van der Waals surface area contributed by atoms with Gasteiger partial charge in [0.25, 0.3) is 5.91 Å². The van der Waals surface area contributed by atoms with Crippen LogP contribution in [0.4, 0.5) is 0 Å². The van der Waals surface area contributed by atoms with Crippen molar-refractivity contribution in [2.45, 2.75) is 50.9 Å². The lowest BCUT2D eigenvalue weighted by Crippen LogP contribution is -2.47. The van der Waals surface area contributed by atoms with Crippen molar-refractivity contribution in [2.75, 3.05) is 19.6 Å².